The number of aliphatic hydroxyl groups is 1. The van der Waals surface area contributed by atoms with Gasteiger partial charge in [0.2, 0.25) is 0 Å². The van der Waals surface area contributed by atoms with E-state index in [9.17, 15) is 14.9 Å². The molecule has 0 fully saturated rings. The topological polar surface area (TPSA) is 118 Å². The number of aliphatic hydroxyl groups excluding tert-OH is 1. The van der Waals surface area contributed by atoms with Gasteiger partial charge in [0, 0.05) is 13.3 Å². The number of aromatic nitrogens is 2. The van der Waals surface area contributed by atoms with E-state index >= 15 is 0 Å². The molecule has 0 atom stereocenters. The Kier molecular flexibility index (Phi) is 16.0. The van der Waals surface area contributed by atoms with Crippen LogP contribution in [0.2, 0.25) is 0 Å². The predicted octanol–water partition coefficient (Wildman–Crippen LogP) is 4.86. The number of carboxylic acids is 1. The number of hydrogen-bond acceptors (Lipinski definition) is 5. The molecular formula is C20H37N3O5. The summed E-state index contributed by atoms with van der Waals surface area (Å²) in [5.74, 6) is -0.201. The van der Waals surface area contributed by atoms with Crippen LogP contribution in [-0.4, -0.2) is 37.3 Å². The molecule has 162 valence electrons. The molecule has 2 N–H and O–H groups in total. The van der Waals surface area contributed by atoms with Crippen LogP contribution in [-0.2, 0) is 11.3 Å². The number of unbranched alkanes of at least 4 members (excludes halogenated alkanes) is 10. The Labute approximate surface area is 168 Å². The number of rotatable bonds is 15. The molecule has 1 rings (SSSR count). The highest BCUT2D eigenvalue weighted by atomic mass is 16.6. The van der Waals surface area contributed by atoms with E-state index in [2.05, 4.69) is 11.9 Å². The smallest absolute Gasteiger partial charge is 0.342 e. The minimum absolute atomic E-state index is 0.0819. The zero-order chi connectivity index (χ0) is 21.2. The molecule has 8 heteroatoms. The van der Waals surface area contributed by atoms with Crippen molar-refractivity contribution in [3.05, 3.63) is 22.1 Å². The first kappa shape index (κ1) is 26.0. The molecule has 0 unspecified atom stereocenters. The molecule has 1 aromatic heterocycles. The van der Waals surface area contributed by atoms with E-state index in [0.717, 1.165) is 12.8 Å². The summed E-state index contributed by atoms with van der Waals surface area (Å²) >= 11 is 0. The Balaban J connectivity index is 0.000000540. The van der Waals surface area contributed by atoms with E-state index in [4.69, 9.17) is 10.2 Å². The van der Waals surface area contributed by atoms with Crippen LogP contribution < -0.4 is 0 Å². The summed E-state index contributed by atoms with van der Waals surface area (Å²) in [7, 11) is 0. The SMILES string of the molecule is CCCCCCCCCCCCCC(=O)O.Cc1ncc([N+](=O)[O-])n1CCO. The number of carbonyl (C=O) groups is 1. The van der Waals surface area contributed by atoms with E-state index in [1.165, 1.54) is 68.6 Å². The number of imidazole rings is 1. The normalized spacial score (nSPS) is 10.4. The molecule has 0 spiro atoms. The molecule has 0 aliphatic heterocycles. The molecular weight excluding hydrogens is 362 g/mol. The van der Waals surface area contributed by atoms with Gasteiger partial charge in [0.15, 0.2) is 5.82 Å². The molecule has 0 saturated carbocycles. The molecule has 0 bridgehead atoms. The maximum absolute atomic E-state index is 10.4. The highest BCUT2D eigenvalue weighted by molar-refractivity contribution is 5.66. The monoisotopic (exact) mass is 399 g/mol. The number of aliphatic carboxylic acids is 1. The van der Waals surface area contributed by atoms with Crippen LogP contribution in [0.5, 0.6) is 0 Å². The molecule has 0 aromatic carbocycles. The van der Waals surface area contributed by atoms with E-state index in [1.807, 2.05) is 0 Å². The van der Waals surface area contributed by atoms with E-state index in [0.29, 0.717) is 12.2 Å². The second-order valence-electron chi connectivity index (χ2n) is 6.98. The lowest BCUT2D eigenvalue weighted by atomic mass is 10.1. The fourth-order valence-electron chi connectivity index (χ4n) is 2.92. The van der Waals surface area contributed by atoms with E-state index in [1.54, 1.807) is 6.92 Å². The Morgan fingerprint density at radius 1 is 1.07 bits per heavy atom. The first-order valence-corrected chi connectivity index (χ1v) is 10.4. The van der Waals surface area contributed by atoms with Gasteiger partial charge in [0.1, 0.15) is 12.7 Å². The Hall–Kier alpha value is -1.96. The van der Waals surface area contributed by atoms with Gasteiger partial charge >= 0.3 is 11.8 Å². The average molecular weight is 400 g/mol. The molecule has 0 saturated heterocycles. The predicted molar refractivity (Wildman–Crippen MR) is 109 cm³/mol. The fourth-order valence-corrected chi connectivity index (χ4v) is 2.92. The highest BCUT2D eigenvalue weighted by Gasteiger charge is 2.15. The second-order valence-corrected chi connectivity index (χ2v) is 6.98. The summed E-state index contributed by atoms with van der Waals surface area (Å²) in [5, 5.41) is 27.4. The van der Waals surface area contributed by atoms with Crippen molar-refractivity contribution in [1.82, 2.24) is 9.55 Å². The summed E-state index contributed by atoms with van der Waals surface area (Å²) in [6.07, 6.45) is 15.5. The third kappa shape index (κ3) is 13.2. The van der Waals surface area contributed by atoms with Gasteiger partial charge in [0.05, 0.1) is 6.61 Å². The summed E-state index contributed by atoms with van der Waals surface area (Å²) in [5.41, 5.74) is 0. The van der Waals surface area contributed by atoms with Crippen LogP contribution in [0, 0.1) is 17.0 Å². The van der Waals surface area contributed by atoms with Crippen molar-refractivity contribution in [3.63, 3.8) is 0 Å². The van der Waals surface area contributed by atoms with Crippen LogP contribution >= 0.6 is 0 Å². The van der Waals surface area contributed by atoms with Gasteiger partial charge < -0.3 is 20.3 Å². The van der Waals surface area contributed by atoms with Crippen LogP contribution in [0.1, 0.15) is 89.8 Å². The largest absolute Gasteiger partial charge is 0.481 e. The van der Waals surface area contributed by atoms with Gasteiger partial charge in [-0.1, -0.05) is 71.1 Å². The summed E-state index contributed by atoms with van der Waals surface area (Å²) in [6, 6.07) is 0. The van der Waals surface area contributed by atoms with Gasteiger partial charge in [0.25, 0.3) is 0 Å². The molecule has 0 radical (unpaired) electrons. The molecule has 0 amide bonds. The van der Waals surface area contributed by atoms with E-state index in [-0.39, 0.29) is 19.0 Å². The van der Waals surface area contributed by atoms with Gasteiger partial charge in [-0.05, 0) is 11.3 Å². The number of nitrogens with zero attached hydrogens (tertiary/aromatic N) is 3. The van der Waals surface area contributed by atoms with Gasteiger partial charge in [-0.3, -0.25) is 4.79 Å². The zero-order valence-electron chi connectivity index (χ0n) is 17.4. The maximum atomic E-state index is 10.4. The molecule has 0 aliphatic carbocycles. The van der Waals surface area contributed by atoms with Crippen LogP contribution in [0.25, 0.3) is 0 Å². The number of nitro groups is 1. The van der Waals surface area contributed by atoms with Crippen molar-refractivity contribution < 1.29 is 19.9 Å². The summed E-state index contributed by atoms with van der Waals surface area (Å²) in [6.45, 7) is 3.99. The molecule has 0 aliphatic rings. The van der Waals surface area contributed by atoms with Gasteiger partial charge in [-0.2, -0.15) is 0 Å². The van der Waals surface area contributed by atoms with Crippen molar-refractivity contribution in [2.75, 3.05) is 6.61 Å². The first-order valence-electron chi connectivity index (χ1n) is 10.4. The standard InChI is InChI=1S/C14H28O2.C6H9N3O3/c1-2-3-4-5-6-7-8-9-10-11-12-13-14(15)16;1-5-7-4-6(9(11)12)8(5)2-3-10/h2-13H2,1H3,(H,15,16);4,10H,2-3H2,1H3. The lowest BCUT2D eigenvalue weighted by molar-refractivity contribution is -0.392. The number of aryl methyl sites for hydroxylation is 1. The second kappa shape index (κ2) is 17.2. The van der Waals surface area contributed by atoms with Crippen molar-refractivity contribution in [1.29, 1.82) is 0 Å². The van der Waals surface area contributed by atoms with E-state index < -0.39 is 10.9 Å². The van der Waals surface area contributed by atoms with Crippen LogP contribution in [0.4, 0.5) is 5.82 Å². The Morgan fingerprint density at radius 3 is 2.00 bits per heavy atom. The quantitative estimate of drug-likeness (QED) is 0.247. The Bertz CT molecular complexity index is 546. The highest BCUT2D eigenvalue weighted by Crippen LogP contribution is 2.13. The van der Waals surface area contributed by atoms with Crippen molar-refractivity contribution in [2.45, 2.75) is 97.4 Å². The van der Waals surface area contributed by atoms with Crippen LogP contribution in [0.15, 0.2) is 6.20 Å². The summed E-state index contributed by atoms with van der Waals surface area (Å²) < 4.78 is 1.36. The van der Waals surface area contributed by atoms with Crippen molar-refractivity contribution >= 4 is 11.8 Å². The summed E-state index contributed by atoms with van der Waals surface area (Å²) in [4.78, 5) is 23.9. The minimum Gasteiger partial charge on any atom is -0.481 e. The first-order chi connectivity index (χ1) is 13.4. The maximum Gasteiger partial charge on any atom is 0.342 e. The molecule has 1 aromatic rings. The molecule has 1 heterocycles. The lowest BCUT2D eigenvalue weighted by Gasteiger charge is -2.01. The zero-order valence-corrected chi connectivity index (χ0v) is 17.4. The number of carboxylic acid groups (broad SMARTS) is 1. The van der Waals surface area contributed by atoms with Crippen molar-refractivity contribution in [2.24, 2.45) is 0 Å². The lowest BCUT2D eigenvalue weighted by Crippen LogP contribution is -2.07. The number of hydrogen-bond donors (Lipinski definition) is 2. The third-order valence-corrected chi connectivity index (χ3v) is 4.54. The third-order valence-electron chi connectivity index (χ3n) is 4.54. The Morgan fingerprint density at radius 2 is 1.57 bits per heavy atom. The van der Waals surface area contributed by atoms with Crippen molar-refractivity contribution in [3.8, 4) is 0 Å². The van der Waals surface area contributed by atoms with Gasteiger partial charge in [-0.25, -0.2) is 9.55 Å². The molecule has 8 nitrogen and oxygen atoms in total. The fraction of sp³-hybridized carbons (Fsp3) is 0.800. The van der Waals surface area contributed by atoms with Crippen LogP contribution in [0.3, 0.4) is 0 Å². The minimum atomic E-state index is -0.657. The van der Waals surface area contributed by atoms with Gasteiger partial charge in [-0.15, -0.1) is 0 Å². The average Bonchev–Trinajstić information content (AvgIpc) is 3.01. The molecule has 28 heavy (non-hydrogen) atoms.